The molecule has 1 amide bonds. The van der Waals surface area contributed by atoms with E-state index in [1.807, 2.05) is 66.0 Å². The number of nitrogens with two attached hydrogens (primary N) is 1. The third-order valence-corrected chi connectivity index (χ3v) is 5.64. The third kappa shape index (κ3) is 3.49. The van der Waals surface area contributed by atoms with Crippen molar-refractivity contribution in [2.45, 2.75) is 16.3 Å². The molecule has 0 aliphatic carbocycles. The van der Waals surface area contributed by atoms with Gasteiger partial charge in [-0.25, -0.2) is 0 Å². The molecule has 2 N–H and O–H groups in total. The highest BCUT2D eigenvalue weighted by Crippen LogP contribution is 2.48. The van der Waals surface area contributed by atoms with Gasteiger partial charge in [-0.05, 0) is 30.3 Å². The molecule has 3 aromatic rings. The lowest BCUT2D eigenvalue weighted by Crippen LogP contribution is -2.85. The van der Waals surface area contributed by atoms with Gasteiger partial charge in [-0.3, -0.25) is 9.69 Å². The number of amides is 1. The molecular weight excluding hydrogens is 364 g/mol. The Balaban J connectivity index is 1.58. The number of halogens is 1. The molecule has 0 bridgehead atoms. The molecule has 3 aromatic carbocycles. The Morgan fingerprint density at radius 1 is 0.923 bits per heavy atom. The summed E-state index contributed by atoms with van der Waals surface area (Å²) in [5.41, 5.74) is 2.99. The molecule has 0 saturated carbocycles. The predicted molar refractivity (Wildman–Crippen MR) is 106 cm³/mol. The summed E-state index contributed by atoms with van der Waals surface area (Å²) in [5.74, 6) is 0.0530. The van der Waals surface area contributed by atoms with Gasteiger partial charge in [-0.2, -0.15) is 0 Å². The maximum absolute atomic E-state index is 13.1. The van der Waals surface area contributed by atoms with Crippen LogP contribution in [0, 0.1) is 0 Å². The maximum atomic E-state index is 13.1. The molecule has 1 aliphatic rings. The Morgan fingerprint density at radius 2 is 1.65 bits per heavy atom. The van der Waals surface area contributed by atoms with Crippen LogP contribution in [0.5, 0.6) is 0 Å². The molecule has 0 unspecified atom stereocenters. The van der Waals surface area contributed by atoms with E-state index in [9.17, 15) is 4.79 Å². The number of hydrogen-bond acceptors (Lipinski definition) is 2. The van der Waals surface area contributed by atoms with Gasteiger partial charge in [0.25, 0.3) is 5.91 Å². The first-order chi connectivity index (χ1) is 12.7. The average molecular weight is 382 g/mol. The minimum Gasteiger partial charge on any atom is -0.335 e. The van der Waals surface area contributed by atoms with Crippen LogP contribution in [0.2, 0.25) is 5.02 Å². The third-order valence-electron chi connectivity index (χ3n) is 4.28. The van der Waals surface area contributed by atoms with Crippen LogP contribution >= 0.6 is 23.4 Å². The van der Waals surface area contributed by atoms with Gasteiger partial charge in [-0.1, -0.05) is 65.8 Å². The highest BCUT2D eigenvalue weighted by Gasteiger charge is 2.28. The Kier molecular flexibility index (Phi) is 4.98. The molecule has 3 nitrogen and oxygen atoms in total. The summed E-state index contributed by atoms with van der Waals surface area (Å²) in [4.78, 5) is 17.0. The topological polar surface area (TPSA) is 36.9 Å². The lowest BCUT2D eigenvalue weighted by molar-refractivity contribution is -0.659. The number of para-hydroxylation sites is 1. The number of carbonyl (C=O) groups excluding carboxylic acids is 1. The minimum absolute atomic E-state index is 0.0530. The lowest BCUT2D eigenvalue weighted by atomic mass is 10.2. The fourth-order valence-corrected chi connectivity index (χ4v) is 4.27. The van der Waals surface area contributed by atoms with Crippen LogP contribution < -0.4 is 10.2 Å². The van der Waals surface area contributed by atoms with Gasteiger partial charge in [0.1, 0.15) is 6.54 Å². The van der Waals surface area contributed by atoms with Gasteiger partial charge in [-0.15, -0.1) is 0 Å². The van der Waals surface area contributed by atoms with Crippen LogP contribution in [0.1, 0.15) is 5.56 Å². The SMILES string of the molecule is O=C(C[NH2+]Cc1ccccc1)N1c2ccccc2Sc2ccc(Cl)cc21. The molecule has 1 aliphatic heterocycles. The van der Waals surface area contributed by atoms with Gasteiger partial charge >= 0.3 is 0 Å². The second-order valence-electron chi connectivity index (χ2n) is 6.09. The van der Waals surface area contributed by atoms with Gasteiger partial charge in [0.15, 0.2) is 6.54 Å². The number of fused-ring (bicyclic) bond motifs is 2. The molecule has 0 fully saturated rings. The van der Waals surface area contributed by atoms with Crippen molar-refractivity contribution in [2.24, 2.45) is 0 Å². The van der Waals surface area contributed by atoms with Crippen molar-refractivity contribution in [1.29, 1.82) is 0 Å². The average Bonchev–Trinajstić information content (AvgIpc) is 2.67. The molecule has 0 radical (unpaired) electrons. The summed E-state index contributed by atoms with van der Waals surface area (Å²) in [6.07, 6.45) is 0. The molecule has 0 spiro atoms. The Hall–Kier alpha value is -2.27. The minimum atomic E-state index is 0.0530. The monoisotopic (exact) mass is 381 g/mol. The van der Waals surface area contributed by atoms with Crippen molar-refractivity contribution in [2.75, 3.05) is 11.4 Å². The quantitative estimate of drug-likeness (QED) is 0.734. The first-order valence-electron chi connectivity index (χ1n) is 8.47. The van der Waals surface area contributed by atoms with Gasteiger partial charge in [0, 0.05) is 20.4 Å². The number of benzene rings is 3. The van der Waals surface area contributed by atoms with E-state index in [2.05, 4.69) is 12.1 Å². The normalized spacial score (nSPS) is 12.4. The zero-order valence-corrected chi connectivity index (χ0v) is 15.6. The van der Waals surface area contributed by atoms with Gasteiger partial charge < -0.3 is 5.32 Å². The molecule has 1 heterocycles. The van der Waals surface area contributed by atoms with E-state index in [0.717, 1.165) is 27.7 Å². The van der Waals surface area contributed by atoms with Crippen LogP contribution in [0.25, 0.3) is 0 Å². The van der Waals surface area contributed by atoms with Crippen molar-refractivity contribution >= 4 is 40.6 Å². The summed E-state index contributed by atoms with van der Waals surface area (Å²) in [5, 5.41) is 2.67. The number of anilines is 2. The van der Waals surface area contributed by atoms with Crippen molar-refractivity contribution in [3.63, 3.8) is 0 Å². The first-order valence-corrected chi connectivity index (χ1v) is 9.67. The summed E-state index contributed by atoms with van der Waals surface area (Å²) < 4.78 is 0. The Morgan fingerprint density at radius 3 is 2.50 bits per heavy atom. The zero-order chi connectivity index (χ0) is 17.9. The van der Waals surface area contributed by atoms with E-state index in [-0.39, 0.29) is 5.91 Å². The van der Waals surface area contributed by atoms with Crippen molar-refractivity contribution in [3.8, 4) is 0 Å². The predicted octanol–water partition coefficient (Wildman–Crippen LogP) is 4.23. The van der Waals surface area contributed by atoms with Crippen LogP contribution in [-0.2, 0) is 11.3 Å². The molecule has 0 saturated heterocycles. The first kappa shape index (κ1) is 17.2. The van der Waals surface area contributed by atoms with E-state index in [1.165, 1.54) is 5.56 Å². The van der Waals surface area contributed by atoms with E-state index in [1.54, 1.807) is 16.7 Å². The molecule has 5 heteroatoms. The number of quaternary nitrogens is 1. The second-order valence-corrected chi connectivity index (χ2v) is 7.61. The van der Waals surface area contributed by atoms with Crippen LogP contribution in [-0.4, -0.2) is 12.5 Å². The summed E-state index contributed by atoms with van der Waals surface area (Å²) >= 11 is 7.87. The van der Waals surface area contributed by atoms with Crippen LogP contribution in [0.4, 0.5) is 11.4 Å². The number of rotatable bonds is 4. The van der Waals surface area contributed by atoms with E-state index in [4.69, 9.17) is 11.6 Å². The fourth-order valence-electron chi connectivity index (χ4n) is 3.06. The maximum Gasteiger partial charge on any atom is 0.286 e. The molecule has 0 atom stereocenters. The number of carbonyl (C=O) groups is 1. The standard InChI is InChI=1S/C21H17ClN2OS/c22-16-10-11-20-18(12-16)24(17-8-4-5-9-19(17)26-20)21(25)14-23-13-15-6-2-1-3-7-15/h1-12,23H,13-14H2/p+1. The zero-order valence-electron chi connectivity index (χ0n) is 14.1. The van der Waals surface area contributed by atoms with Crippen molar-refractivity contribution < 1.29 is 10.1 Å². The molecular formula is C21H18ClN2OS+. The number of nitrogens with zero attached hydrogens (tertiary/aromatic N) is 1. The molecule has 0 aromatic heterocycles. The Labute approximate surface area is 162 Å². The van der Waals surface area contributed by atoms with E-state index < -0.39 is 0 Å². The number of hydrogen-bond donors (Lipinski definition) is 1. The molecule has 130 valence electrons. The summed E-state index contributed by atoms with van der Waals surface area (Å²) in [6.45, 7) is 1.15. The molecule has 26 heavy (non-hydrogen) atoms. The van der Waals surface area contributed by atoms with Crippen molar-refractivity contribution in [1.82, 2.24) is 0 Å². The van der Waals surface area contributed by atoms with Crippen LogP contribution in [0.3, 0.4) is 0 Å². The fraction of sp³-hybridized carbons (Fsp3) is 0.0952. The van der Waals surface area contributed by atoms with Crippen molar-refractivity contribution in [3.05, 3.63) is 83.4 Å². The lowest BCUT2D eigenvalue weighted by Gasteiger charge is -2.30. The van der Waals surface area contributed by atoms with Gasteiger partial charge in [0.05, 0.1) is 11.4 Å². The van der Waals surface area contributed by atoms with E-state index >= 15 is 0 Å². The van der Waals surface area contributed by atoms with Gasteiger partial charge in [0.2, 0.25) is 0 Å². The molecule has 4 rings (SSSR count). The Bertz CT molecular complexity index is 946. The highest BCUT2D eigenvalue weighted by atomic mass is 35.5. The smallest absolute Gasteiger partial charge is 0.286 e. The second kappa shape index (κ2) is 7.54. The summed E-state index contributed by atoms with van der Waals surface area (Å²) in [6, 6.07) is 23.9. The van der Waals surface area contributed by atoms with E-state index in [0.29, 0.717) is 11.6 Å². The highest BCUT2D eigenvalue weighted by molar-refractivity contribution is 7.99. The largest absolute Gasteiger partial charge is 0.335 e. The summed E-state index contributed by atoms with van der Waals surface area (Å²) in [7, 11) is 0. The van der Waals surface area contributed by atoms with Crippen LogP contribution in [0.15, 0.2) is 82.6 Å².